The molecule has 0 aliphatic heterocycles. The summed E-state index contributed by atoms with van der Waals surface area (Å²) in [5, 5.41) is 8.85. The molecule has 19 heavy (non-hydrogen) atoms. The van der Waals surface area contributed by atoms with E-state index in [1.54, 1.807) is 17.0 Å². The molecule has 0 aromatic heterocycles. The van der Waals surface area contributed by atoms with Crippen molar-refractivity contribution in [3.05, 3.63) is 29.8 Å². The number of nitrogens with zero attached hydrogens (tertiary/aromatic N) is 1. The van der Waals surface area contributed by atoms with Gasteiger partial charge in [-0.05, 0) is 38.0 Å². The average molecular weight is 265 g/mol. The molecular weight excluding hydrogens is 242 g/mol. The molecule has 1 N–H and O–H groups in total. The van der Waals surface area contributed by atoms with Crippen LogP contribution in [0, 0.1) is 0 Å². The van der Waals surface area contributed by atoms with E-state index in [1.165, 1.54) is 0 Å². The first kappa shape index (κ1) is 15.5. The minimum Gasteiger partial charge on any atom is -0.494 e. The molecule has 0 aliphatic carbocycles. The van der Waals surface area contributed by atoms with Crippen molar-refractivity contribution in [1.82, 2.24) is 4.90 Å². The van der Waals surface area contributed by atoms with Crippen LogP contribution in [-0.2, 0) is 0 Å². The molecule has 4 nitrogen and oxygen atoms in total. The lowest BCUT2D eigenvalue weighted by Gasteiger charge is -2.20. The van der Waals surface area contributed by atoms with Crippen LogP contribution in [0.2, 0.25) is 0 Å². The molecule has 0 unspecified atom stereocenters. The minimum absolute atomic E-state index is 0.0158. The first-order valence-electron chi connectivity index (χ1n) is 6.85. The predicted molar refractivity (Wildman–Crippen MR) is 75.5 cm³/mol. The maximum atomic E-state index is 12.3. The van der Waals surface area contributed by atoms with E-state index in [9.17, 15) is 4.79 Å². The van der Waals surface area contributed by atoms with Crippen LogP contribution in [0.15, 0.2) is 24.3 Å². The second-order valence-electron chi connectivity index (χ2n) is 4.34. The van der Waals surface area contributed by atoms with E-state index in [0.29, 0.717) is 31.7 Å². The fourth-order valence-electron chi connectivity index (χ4n) is 1.79. The Morgan fingerprint density at radius 2 is 2.16 bits per heavy atom. The van der Waals surface area contributed by atoms with Crippen molar-refractivity contribution in [1.29, 1.82) is 0 Å². The Balaban J connectivity index is 2.74. The van der Waals surface area contributed by atoms with E-state index in [2.05, 4.69) is 0 Å². The highest BCUT2D eigenvalue weighted by Gasteiger charge is 2.14. The highest BCUT2D eigenvalue weighted by molar-refractivity contribution is 5.94. The summed E-state index contributed by atoms with van der Waals surface area (Å²) in [5.74, 6) is 0.712. The zero-order chi connectivity index (χ0) is 14.1. The first-order chi connectivity index (χ1) is 9.22. The Hall–Kier alpha value is -1.55. The topological polar surface area (TPSA) is 49.8 Å². The van der Waals surface area contributed by atoms with Gasteiger partial charge in [0.1, 0.15) is 5.75 Å². The zero-order valence-corrected chi connectivity index (χ0v) is 11.8. The fourth-order valence-corrected chi connectivity index (χ4v) is 1.79. The van der Waals surface area contributed by atoms with Gasteiger partial charge in [0.2, 0.25) is 0 Å². The highest BCUT2D eigenvalue weighted by Crippen LogP contribution is 2.15. The van der Waals surface area contributed by atoms with Crippen LogP contribution >= 0.6 is 0 Å². The van der Waals surface area contributed by atoms with Crippen LogP contribution in [0.4, 0.5) is 0 Å². The molecule has 4 heteroatoms. The third-order valence-electron chi connectivity index (χ3n) is 2.81. The van der Waals surface area contributed by atoms with Gasteiger partial charge in [0.15, 0.2) is 0 Å². The van der Waals surface area contributed by atoms with Gasteiger partial charge >= 0.3 is 0 Å². The summed E-state index contributed by atoms with van der Waals surface area (Å²) in [6, 6.07) is 7.26. The molecule has 0 radical (unpaired) electrons. The Kier molecular flexibility index (Phi) is 6.97. The van der Waals surface area contributed by atoms with Crippen molar-refractivity contribution >= 4 is 5.91 Å². The molecule has 0 atom stereocenters. The third kappa shape index (κ3) is 4.91. The second-order valence-corrected chi connectivity index (χ2v) is 4.34. The Labute approximate surface area is 115 Å². The summed E-state index contributed by atoms with van der Waals surface area (Å²) >= 11 is 0. The fraction of sp³-hybridized carbons (Fsp3) is 0.533. The Morgan fingerprint density at radius 3 is 2.79 bits per heavy atom. The molecule has 1 rings (SSSR count). The summed E-state index contributed by atoms with van der Waals surface area (Å²) in [7, 11) is 0. The molecule has 0 saturated heterocycles. The maximum Gasteiger partial charge on any atom is 0.253 e. The second kappa shape index (κ2) is 8.53. The summed E-state index contributed by atoms with van der Waals surface area (Å²) in [5.41, 5.74) is 0.633. The number of rotatable bonds is 8. The van der Waals surface area contributed by atoms with E-state index in [0.717, 1.165) is 12.2 Å². The van der Waals surface area contributed by atoms with Crippen LogP contribution in [0.25, 0.3) is 0 Å². The van der Waals surface area contributed by atoms with Crippen LogP contribution < -0.4 is 4.74 Å². The first-order valence-corrected chi connectivity index (χ1v) is 6.85. The predicted octanol–water partition coefficient (Wildman–Crippen LogP) is 2.32. The van der Waals surface area contributed by atoms with Crippen molar-refractivity contribution in [2.75, 3.05) is 26.3 Å². The van der Waals surface area contributed by atoms with E-state index >= 15 is 0 Å². The molecule has 0 heterocycles. The third-order valence-corrected chi connectivity index (χ3v) is 2.81. The largest absolute Gasteiger partial charge is 0.494 e. The van der Waals surface area contributed by atoms with Crippen LogP contribution in [-0.4, -0.2) is 42.2 Å². The summed E-state index contributed by atoms with van der Waals surface area (Å²) in [4.78, 5) is 14.0. The molecule has 0 saturated carbocycles. The van der Waals surface area contributed by atoms with Gasteiger partial charge in [-0.2, -0.15) is 0 Å². The smallest absolute Gasteiger partial charge is 0.253 e. The molecule has 106 valence electrons. The van der Waals surface area contributed by atoms with Crippen molar-refractivity contribution < 1.29 is 14.6 Å². The van der Waals surface area contributed by atoms with Gasteiger partial charge in [-0.15, -0.1) is 0 Å². The van der Waals surface area contributed by atoms with E-state index in [4.69, 9.17) is 9.84 Å². The van der Waals surface area contributed by atoms with Crippen molar-refractivity contribution in [3.8, 4) is 5.75 Å². The van der Waals surface area contributed by atoms with Gasteiger partial charge in [-0.3, -0.25) is 4.79 Å². The lowest BCUT2D eigenvalue weighted by molar-refractivity contribution is 0.0754. The number of hydrogen-bond acceptors (Lipinski definition) is 3. The quantitative estimate of drug-likeness (QED) is 0.784. The molecule has 1 aromatic carbocycles. The molecule has 0 aliphatic rings. The normalized spacial score (nSPS) is 10.3. The Bertz CT molecular complexity index is 393. The van der Waals surface area contributed by atoms with Gasteiger partial charge in [0.25, 0.3) is 5.91 Å². The van der Waals surface area contributed by atoms with Crippen LogP contribution in [0.1, 0.15) is 37.0 Å². The number of aliphatic hydroxyl groups excluding tert-OH is 1. The monoisotopic (exact) mass is 265 g/mol. The summed E-state index contributed by atoms with van der Waals surface area (Å²) in [6.07, 6.45) is 1.54. The number of ether oxygens (including phenoxy) is 1. The lowest BCUT2D eigenvalue weighted by Crippen LogP contribution is -2.32. The molecular formula is C15H23NO3. The van der Waals surface area contributed by atoms with Crippen molar-refractivity contribution in [2.24, 2.45) is 0 Å². The minimum atomic E-state index is -0.0158. The number of amides is 1. The average Bonchev–Trinajstić information content (AvgIpc) is 2.46. The molecule has 1 aromatic rings. The van der Waals surface area contributed by atoms with Crippen molar-refractivity contribution in [3.63, 3.8) is 0 Å². The van der Waals surface area contributed by atoms with Crippen LogP contribution in [0.3, 0.4) is 0 Å². The summed E-state index contributed by atoms with van der Waals surface area (Å²) in [6.45, 7) is 5.95. The number of carbonyl (C=O) groups is 1. The van der Waals surface area contributed by atoms with E-state index < -0.39 is 0 Å². The number of carbonyl (C=O) groups excluding carboxylic acids is 1. The molecule has 0 spiro atoms. The van der Waals surface area contributed by atoms with E-state index in [-0.39, 0.29) is 12.5 Å². The Morgan fingerprint density at radius 1 is 1.37 bits per heavy atom. The molecule has 1 amide bonds. The van der Waals surface area contributed by atoms with Crippen molar-refractivity contribution in [2.45, 2.75) is 26.7 Å². The number of aliphatic hydroxyl groups is 1. The standard InChI is InChI=1S/C15H23NO3/c1-3-11-19-14-8-5-7-13(12-14)15(18)16(4-2)9-6-10-17/h5,7-8,12,17H,3-4,6,9-11H2,1-2H3. The van der Waals surface area contributed by atoms with Gasteiger partial charge in [-0.25, -0.2) is 0 Å². The van der Waals surface area contributed by atoms with E-state index in [1.807, 2.05) is 26.0 Å². The number of hydrogen-bond donors (Lipinski definition) is 1. The lowest BCUT2D eigenvalue weighted by atomic mass is 10.2. The maximum absolute atomic E-state index is 12.3. The SMILES string of the molecule is CCCOc1cccc(C(=O)N(CC)CCCO)c1. The van der Waals surface area contributed by atoms with Gasteiger partial charge in [0.05, 0.1) is 6.61 Å². The molecule has 0 bridgehead atoms. The summed E-state index contributed by atoms with van der Waals surface area (Å²) < 4.78 is 5.53. The number of benzene rings is 1. The van der Waals surface area contributed by atoms with Gasteiger partial charge in [-0.1, -0.05) is 13.0 Å². The van der Waals surface area contributed by atoms with Gasteiger partial charge in [0, 0.05) is 25.3 Å². The molecule has 0 fully saturated rings. The van der Waals surface area contributed by atoms with Crippen LogP contribution in [0.5, 0.6) is 5.75 Å². The van der Waals surface area contributed by atoms with Gasteiger partial charge < -0.3 is 14.7 Å². The zero-order valence-electron chi connectivity index (χ0n) is 11.8. The highest BCUT2D eigenvalue weighted by atomic mass is 16.5.